The Hall–Kier alpha value is -0.250. The second-order valence-electron chi connectivity index (χ2n) is 2.34. The lowest BCUT2D eigenvalue weighted by Gasteiger charge is -2.05. The first-order valence-corrected chi connectivity index (χ1v) is 5.03. The van der Waals surface area contributed by atoms with Crippen molar-refractivity contribution in [3.8, 4) is 0 Å². The summed E-state index contributed by atoms with van der Waals surface area (Å²) >= 11 is 14.8. The lowest BCUT2D eigenvalue weighted by atomic mass is 10.4. The zero-order chi connectivity index (χ0) is 9.84. The summed E-state index contributed by atoms with van der Waals surface area (Å²) in [5.41, 5.74) is 0. The van der Waals surface area contributed by atoms with E-state index in [9.17, 15) is 0 Å². The Labute approximate surface area is 95.1 Å². The van der Waals surface area contributed by atoms with Crippen LogP contribution in [-0.4, -0.2) is 11.5 Å². The quantitative estimate of drug-likeness (QED) is 0.855. The lowest BCUT2D eigenvalue weighted by Crippen LogP contribution is -2.03. The summed E-state index contributed by atoms with van der Waals surface area (Å²) in [5.74, 6) is 0.565. The van der Waals surface area contributed by atoms with Gasteiger partial charge in [0.2, 0.25) is 0 Å². The third-order valence-corrected chi connectivity index (χ3v) is 2.06. The van der Waals surface area contributed by atoms with Gasteiger partial charge in [-0.3, -0.25) is 0 Å². The molecule has 1 heterocycles. The molecule has 0 saturated carbocycles. The number of hydrogen-bond donors (Lipinski definition) is 1. The largest absolute Gasteiger partial charge is 0.364 e. The molecular formula is C8H7BrCl2N2. The van der Waals surface area contributed by atoms with E-state index in [-0.39, 0.29) is 0 Å². The van der Waals surface area contributed by atoms with E-state index in [0.717, 1.165) is 4.48 Å². The molecule has 0 aromatic carbocycles. The van der Waals surface area contributed by atoms with E-state index in [4.69, 9.17) is 23.2 Å². The zero-order valence-electron chi connectivity index (χ0n) is 6.65. The Morgan fingerprint density at radius 2 is 2.23 bits per heavy atom. The second-order valence-corrected chi connectivity index (χ2v) is 4.25. The van der Waals surface area contributed by atoms with Crippen LogP contribution in [0.5, 0.6) is 0 Å². The molecule has 0 saturated heterocycles. The van der Waals surface area contributed by atoms with Crippen LogP contribution in [0.25, 0.3) is 0 Å². The molecule has 0 aliphatic carbocycles. The molecule has 5 heteroatoms. The number of nitrogens with one attached hydrogen (secondary N) is 1. The Bertz CT molecular complexity index is 328. The van der Waals surface area contributed by atoms with Crippen LogP contribution in [0.15, 0.2) is 23.2 Å². The third kappa shape index (κ3) is 3.55. The fraction of sp³-hybridized carbons (Fsp3) is 0.125. The van der Waals surface area contributed by atoms with E-state index < -0.39 is 0 Å². The minimum Gasteiger partial charge on any atom is -0.364 e. The van der Waals surface area contributed by atoms with Gasteiger partial charge in [-0.15, -0.1) is 0 Å². The molecule has 0 amide bonds. The summed E-state index contributed by atoms with van der Waals surface area (Å²) in [6.45, 7) is 4.24. The van der Waals surface area contributed by atoms with Gasteiger partial charge in [-0.05, 0) is 12.1 Å². The summed E-state index contributed by atoms with van der Waals surface area (Å²) in [7, 11) is 0. The van der Waals surface area contributed by atoms with Gasteiger partial charge in [0.15, 0.2) is 0 Å². The number of nitrogens with zero attached hydrogens (tertiary/aromatic N) is 1. The number of halogens is 3. The highest BCUT2D eigenvalue weighted by Gasteiger charge is 2.01. The van der Waals surface area contributed by atoms with E-state index in [1.807, 2.05) is 0 Å². The van der Waals surface area contributed by atoms with Crippen molar-refractivity contribution in [1.29, 1.82) is 0 Å². The highest BCUT2D eigenvalue weighted by atomic mass is 79.9. The molecule has 0 fully saturated rings. The Morgan fingerprint density at radius 1 is 1.54 bits per heavy atom. The molecule has 13 heavy (non-hydrogen) atoms. The molecule has 0 unspecified atom stereocenters. The van der Waals surface area contributed by atoms with Gasteiger partial charge < -0.3 is 5.32 Å². The molecule has 70 valence electrons. The fourth-order valence-electron chi connectivity index (χ4n) is 0.722. The SMILES string of the molecule is C=C(Br)CNc1nc(Cl)ccc1Cl. The molecule has 1 aromatic rings. The summed E-state index contributed by atoms with van der Waals surface area (Å²) < 4.78 is 0.824. The highest BCUT2D eigenvalue weighted by Crippen LogP contribution is 2.21. The van der Waals surface area contributed by atoms with Crippen molar-refractivity contribution >= 4 is 44.9 Å². The van der Waals surface area contributed by atoms with Gasteiger partial charge in [0.1, 0.15) is 11.0 Å². The third-order valence-electron chi connectivity index (χ3n) is 1.26. The van der Waals surface area contributed by atoms with Gasteiger partial charge >= 0.3 is 0 Å². The van der Waals surface area contributed by atoms with Crippen LogP contribution in [0.2, 0.25) is 10.2 Å². The topological polar surface area (TPSA) is 24.9 Å². The fourth-order valence-corrected chi connectivity index (χ4v) is 1.18. The predicted octanol–water partition coefficient (Wildman–Crippen LogP) is 3.71. The molecule has 0 bridgehead atoms. The average Bonchev–Trinajstić information content (AvgIpc) is 2.06. The van der Waals surface area contributed by atoms with E-state index >= 15 is 0 Å². The van der Waals surface area contributed by atoms with E-state index in [1.165, 1.54) is 0 Å². The average molecular weight is 282 g/mol. The van der Waals surface area contributed by atoms with E-state index in [2.05, 4.69) is 32.8 Å². The first-order valence-electron chi connectivity index (χ1n) is 3.49. The van der Waals surface area contributed by atoms with Crippen molar-refractivity contribution in [2.45, 2.75) is 0 Å². The monoisotopic (exact) mass is 280 g/mol. The normalized spacial score (nSPS) is 9.77. The molecule has 1 aromatic heterocycles. The minimum atomic E-state index is 0.409. The van der Waals surface area contributed by atoms with Crippen molar-refractivity contribution in [3.05, 3.63) is 33.4 Å². The first kappa shape index (κ1) is 10.8. The van der Waals surface area contributed by atoms with Crippen molar-refractivity contribution in [2.24, 2.45) is 0 Å². The number of aromatic nitrogens is 1. The Kier molecular flexibility index (Phi) is 4.03. The second kappa shape index (κ2) is 4.84. The van der Waals surface area contributed by atoms with Crippen LogP contribution in [0, 0.1) is 0 Å². The van der Waals surface area contributed by atoms with Crippen molar-refractivity contribution in [2.75, 3.05) is 11.9 Å². The number of anilines is 1. The standard InChI is InChI=1S/C8H7BrCl2N2/c1-5(9)4-12-8-6(10)2-3-7(11)13-8/h2-3H,1,4H2,(H,12,13). The highest BCUT2D eigenvalue weighted by molar-refractivity contribution is 9.11. The molecule has 0 radical (unpaired) electrons. The van der Waals surface area contributed by atoms with E-state index in [1.54, 1.807) is 12.1 Å². The Morgan fingerprint density at radius 3 is 2.85 bits per heavy atom. The van der Waals surface area contributed by atoms with Crippen LogP contribution < -0.4 is 5.32 Å². The van der Waals surface area contributed by atoms with Crippen LogP contribution in [0.1, 0.15) is 0 Å². The molecule has 0 aliphatic heterocycles. The summed E-state index contributed by atoms with van der Waals surface area (Å²) in [4.78, 5) is 4.01. The van der Waals surface area contributed by atoms with Crippen LogP contribution >= 0.6 is 39.1 Å². The Balaban J connectivity index is 2.75. The zero-order valence-corrected chi connectivity index (χ0v) is 9.75. The van der Waals surface area contributed by atoms with Crippen LogP contribution in [-0.2, 0) is 0 Å². The smallest absolute Gasteiger partial charge is 0.146 e. The van der Waals surface area contributed by atoms with Crippen molar-refractivity contribution < 1.29 is 0 Å². The number of hydrogen-bond acceptors (Lipinski definition) is 2. The van der Waals surface area contributed by atoms with Gasteiger partial charge in [0, 0.05) is 11.0 Å². The molecule has 2 nitrogen and oxygen atoms in total. The van der Waals surface area contributed by atoms with E-state index in [0.29, 0.717) is 22.5 Å². The molecule has 0 atom stereocenters. The molecular weight excluding hydrogens is 275 g/mol. The number of pyridine rings is 1. The van der Waals surface area contributed by atoms with Gasteiger partial charge in [0.25, 0.3) is 0 Å². The molecule has 0 spiro atoms. The lowest BCUT2D eigenvalue weighted by molar-refractivity contribution is 1.22. The summed E-state index contributed by atoms with van der Waals surface area (Å²) in [5, 5.41) is 3.93. The molecule has 1 N–H and O–H groups in total. The molecule has 1 rings (SSSR count). The van der Waals surface area contributed by atoms with Gasteiger partial charge in [-0.25, -0.2) is 4.98 Å². The summed E-state index contributed by atoms with van der Waals surface area (Å²) in [6, 6.07) is 3.33. The number of rotatable bonds is 3. The first-order chi connectivity index (χ1) is 6.09. The maximum absolute atomic E-state index is 5.85. The van der Waals surface area contributed by atoms with Gasteiger partial charge in [-0.2, -0.15) is 0 Å². The predicted molar refractivity (Wildman–Crippen MR) is 60.8 cm³/mol. The van der Waals surface area contributed by atoms with Crippen LogP contribution in [0.3, 0.4) is 0 Å². The van der Waals surface area contributed by atoms with Crippen molar-refractivity contribution in [1.82, 2.24) is 4.98 Å². The van der Waals surface area contributed by atoms with Gasteiger partial charge in [-0.1, -0.05) is 45.7 Å². The maximum atomic E-state index is 5.85. The van der Waals surface area contributed by atoms with Gasteiger partial charge in [0.05, 0.1) is 5.02 Å². The van der Waals surface area contributed by atoms with Crippen LogP contribution in [0.4, 0.5) is 5.82 Å². The molecule has 0 aliphatic rings. The summed E-state index contributed by atoms with van der Waals surface area (Å²) in [6.07, 6.45) is 0. The van der Waals surface area contributed by atoms with Crippen molar-refractivity contribution in [3.63, 3.8) is 0 Å². The maximum Gasteiger partial charge on any atom is 0.146 e. The minimum absolute atomic E-state index is 0.409.